The van der Waals surface area contributed by atoms with Crippen LogP contribution in [-0.2, 0) is 29.0 Å². The van der Waals surface area contributed by atoms with E-state index in [1.807, 2.05) is 35.7 Å². The summed E-state index contributed by atoms with van der Waals surface area (Å²) in [5.41, 5.74) is 5.54. The molecule has 2 aliphatic heterocycles. The Bertz CT molecular complexity index is 1420. The van der Waals surface area contributed by atoms with E-state index < -0.39 is 0 Å². The number of benzene rings is 3. The average Bonchev–Trinajstić information content (AvgIpc) is 3.42. The number of hydrogen-bond acceptors (Lipinski definition) is 5. The van der Waals surface area contributed by atoms with Gasteiger partial charge in [-0.2, -0.15) is 0 Å². The first-order valence-electron chi connectivity index (χ1n) is 13.3. The molecule has 0 aliphatic carbocycles. The number of carbonyl (C=O) groups excluding carboxylic acids is 1. The molecule has 0 spiro atoms. The Morgan fingerprint density at radius 3 is 2.55 bits per heavy atom. The maximum Gasteiger partial charge on any atom is 0.229 e. The van der Waals surface area contributed by atoms with Crippen LogP contribution in [0.15, 0.2) is 72.1 Å². The normalized spacial score (nSPS) is 16.3. The summed E-state index contributed by atoms with van der Waals surface area (Å²) in [7, 11) is 0. The van der Waals surface area contributed by atoms with Gasteiger partial charge in [0, 0.05) is 60.6 Å². The van der Waals surface area contributed by atoms with Gasteiger partial charge in [0.2, 0.25) is 5.91 Å². The second-order valence-electron chi connectivity index (χ2n) is 10.1. The Kier molecular flexibility index (Phi) is 7.40. The Labute approximate surface area is 227 Å². The minimum absolute atomic E-state index is 0.121. The highest BCUT2D eigenvalue weighted by Crippen LogP contribution is 2.33. The third-order valence-corrected chi connectivity index (χ3v) is 8.49. The van der Waals surface area contributed by atoms with Crippen molar-refractivity contribution in [3.63, 3.8) is 0 Å². The fourth-order valence-corrected chi connectivity index (χ4v) is 6.32. The molecule has 0 atom stereocenters. The smallest absolute Gasteiger partial charge is 0.229 e. The molecule has 0 N–H and O–H groups in total. The van der Waals surface area contributed by atoms with Crippen LogP contribution < -0.4 is 9.80 Å². The number of nitrogens with zero attached hydrogens (tertiary/aromatic N) is 3. The standard InChI is InChI=1S/C31H32FN3O2S/c32-26-19-29(27-11-17-38-30(27)20-26)34-15-13-33(14-16-34)12-10-23-6-7-25-8-9-31(36)35(28(25)18-23)22-37-21-24-4-2-1-3-5-24/h1-7,11,17-20H,8-10,12-16,21-22H2. The molecule has 0 saturated carbocycles. The molecular weight excluding hydrogens is 497 g/mol. The van der Waals surface area contributed by atoms with Crippen molar-refractivity contribution in [2.45, 2.75) is 25.9 Å². The summed E-state index contributed by atoms with van der Waals surface area (Å²) in [5.74, 6) is -0.0429. The Morgan fingerprint density at radius 1 is 0.868 bits per heavy atom. The molecule has 196 valence electrons. The molecule has 6 rings (SSSR count). The zero-order valence-corrected chi connectivity index (χ0v) is 22.3. The van der Waals surface area contributed by atoms with E-state index in [0.717, 1.165) is 72.6 Å². The Morgan fingerprint density at radius 2 is 1.71 bits per heavy atom. The van der Waals surface area contributed by atoms with Gasteiger partial charge in [-0.3, -0.25) is 14.6 Å². The van der Waals surface area contributed by atoms with Gasteiger partial charge in [-0.1, -0.05) is 42.5 Å². The van der Waals surface area contributed by atoms with Crippen molar-refractivity contribution in [1.82, 2.24) is 4.90 Å². The highest BCUT2D eigenvalue weighted by molar-refractivity contribution is 7.17. The first kappa shape index (κ1) is 25.0. The molecule has 0 unspecified atom stereocenters. The van der Waals surface area contributed by atoms with Crippen LogP contribution in [0.5, 0.6) is 0 Å². The number of thiophene rings is 1. The first-order valence-corrected chi connectivity index (χ1v) is 14.2. The number of carbonyl (C=O) groups is 1. The Balaban J connectivity index is 1.06. The second kappa shape index (κ2) is 11.2. The van der Waals surface area contributed by atoms with Gasteiger partial charge in [-0.25, -0.2) is 4.39 Å². The van der Waals surface area contributed by atoms with Crippen molar-refractivity contribution in [1.29, 1.82) is 0 Å². The van der Waals surface area contributed by atoms with Gasteiger partial charge in [-0.15, -0.1) is 11.3 Å². The van der Waals surface area contributed by atoms with E-state index in [9.17, 15) is 9.18 Å². The predicted molar refractivity (Wildman–Crippen MR) is 152 cm³/mol. The molecule has 1 fully saturated rings. The molecule has 1 aromatic heterocycles. The van der Waals surface area contributed by atoms with E-state index >= 15 is 0 Å². The molecule has 3 aromatic carbocycles. The first-order chi connectivity index (χ1) is 18.6. The summed E-state index contributed by atoms with van der Waals surface area (Å²) < 4.78 is 21.1. The van der Waals surface area contributed by atoms with E-state index in [-0.39, 0.29) is 18.5 Å². The number of aryl methyl sites for hydroxylation is 1. The lowest BCUT2D eigenvalue weighted by atomic mass is 9.98. The summed E-state index contributed by atoms with van der Waals surface area (Å²) >= 11 is 1.59. The zero-order valence-electron chi connectivity index (χ0n) is 21.4. The van der Waals surface area contributed by atoms with Gasteiger partial charge in [0.05, 0.1) is 6.61 Å². The van der Waals surface area contributed by atoms with Gasteiger partial charge in [0.1, 0.15) is 12.5 Å². The summed E-state index contributed by atoms with van der Waals surface area (Å²) in [4.78, 5) is 19.3. The molecule has 4 aromatic rings. The maximum atomic E-state index is 14.2. The van der Waals surface area contributed by atoms with Crippen LogP contribution in [0, 0.1) is 5.82 Å². The number of piperazine rings is 1. The van der Waals surface area contributed by atoms with Crippen LogP contribution >= 0.6 is 11.3 Å². The van der Waals surface area contributed by atoms with Crippen molar-refractivity contribution in [3.05, 3.63) is 94.6 Å². The third kappa shape index (κ3) is 5.46. The van der Waals surface area contributed by atoms with Crippen molar-refractivity contribution >= 4 is 38.7 Å². The van der Waals surface area contributed by atoms with E-state index in [1.165, 1.54) is 11.1 Å². The number of halogens is 1. The molecule has 5 nitrogen and oxygen atoms in total. The van der Waals surface area contributed by atoms with Crippen molar-refractivity contribution in [2.24, 2.45) is 0 Å². The summed E-state index contributed by atoms with van der Waals surface area (Å²) in [6.45, 7) is 5.39. The summed E-state index contributed by atoms with van der Waals surface area (Å²) in [5, 5.41) is 3.18. The topological polar surface area (TPSA) is 36.0 Å². The number of hydrogen-bond donors (Lipinski definition) is 0. The number of rotatable bonds is 8. The van der Waals surface area contributed by atoms with Crippen molar-refractivity contribution in [2.75, 3.05) is 49.3 Å². The third-order valence-electron chi connectivity index (χ3n) is 7.63. The molecule has 0 radical (unpaired) electrons. The minimum Gasteiger partial charge on any atom is -0.368 e. The molecule has 7 heteroatoms. The molecule has 1 saturated heterocycles. The number of fused-ring (bicyclic) bond motifs is 2. The van der Waals surface area contributed by atoms with E-state index in [0.29, 0.717) is 13.0 Å². The van der Waals surface area contributed by atoms with Crippen LogP contribution in [-0.4, -0.2) is 50.3 Å². The van der Waals surface area contributed by atoms with Gasteiger partial charge in [0.25, 0.3) is 0 Å². The largest absolute Gasteiger partial charge is 0.368 e. The second-order valence-corrected chi connectivity index (χ2v) is 11.0. The summed E-state index contributed by atoms with van der Waals surface area (Å²) in [6.07, 6.45) is 2.23. The lowest BCUT2D eigenvalue weighted by molar-refractivity contribution is -0.120. The van der Waals surface area contributed by atoms with Crippen LogP contribution in [0.1, 0.15) is 23.1 Å². The quantitative estimate of drug-likeness (QED) is 0.287. The molecule has 3 heterocycles. The number of amides is 1. The van der Waals surface area contributed by atoms with Gasteiger partial charge in [0.15, 0.2) is 0 Å². The molecule has 2 aliphatic rings. The maximum absolute atomic E-state index is 14.2. The van der Waals surface area contributed by atoms with Crippen LogP contribution in [0.3, 0.4) is 0 Å². The van der Waals surface area contributed by atoms with Crippen molar-refractivity contribution < 1.29 is 13.9 Å². The monoisotopic (exact) mass is 529 g/mol. The van der Waals surface area contributed by atoms with E-state index in [1.54, 1.807) is 28.4 Å². The Hall–Kier alpha value is -3.26. The zero-order chi connectivity index (χ0) is 25.9. The van der Waals surface area contributed by atoms with Gasteiger partial charge in [-0.05, 0) is 59.2 Å². The molecule has 1 amide bonds. The number of ether oxygens (including phenoxy) is 1. The van der Waals surface area contributed by atoms with Gasteiger partial charge >= 0.3 is 0 Å². The molecular formula is C31H32FN3O2S. The fraction of sp³-hybridized carbons (Fsp3) is 0.323. The molecule has 38 heavy (non-hydrogen) atoms. The lowest BCUT2D eigenvalue weighted by Gasteiger charge is -2.36. The highest BCUT2D eigenvalue weighted by atomic mass is 32.1. The van der Waals surface area contributed by atoms with Crippen molar-refractivity contribution in [3.8, 4) is 0 Å². The lowest BCUT2D eigenvalue weighted by Crippen LogP contribution is -2.47. The SMILES string of the molecule is O=C1CCc2ccc(CCN3CCN(c4cc(F)cc5sccc45)CC3)cc2N1COCc1ccccc1. The minimum atomic E-state index is -0.164. The van der Waals surface area contributed by atoms with Crippen LogP contribution in [0.2, 0.25) is 0 Å². The highest BCUT2D eigenvalue weighted by Gasteiger charge is 2.25. The summed E-state index contributed by atoms with van der Waals surface area (Å²) in [6, 6.07) is 22.0. The molecule has 0 bridgehead atoms. The average molecular weight is 530 g/mol. The van der Waals surface area contributed by atoms with Gasteiger partial charge < -0.3 is 9.64 Å². The van der Waals surface area contributed by atoms with E-state index in [2.05, 4.69) is 34.1 Å². The van der Waals surface area contributed by atoms with Crippen LogP contribution in [0.4, 0.5) is 15.8 Å². The predicted octanol–water partition coefficient (Wildman–Crippen LogP) is 5.86. The number of anilines is 2. The van der Waals surface area contributed by atoms with E-state index in [4.69, 9.17) is 4.74 Å². The fourth-order valence-electron chi connectivity index (χ4n) is 5.49. The van der Waals surface area contributed by atoms with Crippen LogP contribution in [0.25, 0.3) is 10.1 Å².